The van der Waals surface area contributed by atoms with E-state index in [2.05, 4.69) is 17.3 Å². The fraction of sp³-hybridized carbons (Fsp3) is 0.636. The number of hydrogen-bond donors (Lipinski definition) is 1. The van der Waals surface area contributed by atoms with Gasteiger partial charge in [-0.25, -0.2) is 0 Å². The van der Waals surface area contributed by atoms with Gasteiger partial charge in [-0.3, -0.25) is 9.48 Å². The molecule has 88 valence electrons. The van der Waals surface area contributed by atoms with E-state index < -0.39 is 0 Å². The number of aromatic nitrogens is 2. The standard InChI is InChI=1S/C11H18N4O/c1-9-8-14(7-5-12-9)11(16)10(2)15-6-3-4-13-15/h3-4,6,9-10,12H,5,7-8H2,1-2H3/t9-,10?/m1/s1. The average molecular weight is 222 g/mol. The lowest BCUT2D eigenvalue weighted by Crippen LogP contribution is -2.52. The van der Waals surface area contributed by atoms with Crippen LogP contribution in [0.25, 0.3) is 0 Å². The molecule has 1 amide bonds. The summed E-state index contributed by atoms with van der Waals surface area (Å²) in [4.78, 5) is 14.1. The van der Waals surface area contributed by atoms with Crippen LogP contribution in [-0.2, 0) is 4.79 Å². The highest BCUT2D eigenvalue weighted by atomic mass is 16.2. The van der Waals surface area contributed by atoms with Crippen LogP contribution in [0.2, 0.25) is 0 Å². The summed E-state index contributed by atoms with van der Waals surface area (Å²) >= 11 is 0. The van der Waals surface area contributed by atoms with Crippen molar-refractivity contribution in [2.75, 3.05) is 19.6 Å². The fourth-order valence-corrected chi connectivity index (χ4v) is 2.02. The molecule has 5 nitrogen and oxygen atoms in total. The van der Waals surface area contributed by atoms with Gasteiger partial charge in [0.15, 0.2) is 0 Å². The van der Waals surface area contributed by atoms with Crippen LogP contribution >= 0.6 is 0 Å². The van der Waals surface area contributed by atoms with Crippen LogP contribution in [0, 0.1) is 0 Å². The maximum Gasteiger partial charge on any atom is 0.247 e. The maximum absolute atomic E-state index is 12.2. The van der Waals surface area contributed by atoms with Crippen molar-refractivity contribution in [2.24, 2.45) is 0 Å². The van der Waals surface area contributed by atoms with Crippen LogP contribution in [0.1, 0.15) is 19.9 Å². The van der Waals surface area contributed by atoms with Crippen LogP contribution in [-0.4, -0.2) is 46.3 Å². The Morgan fingerprint density at radius 2 is 2.44 bits per heavy atom. The van der Waals surface area contributed by atoms with Crippen molar-refractivity contribution >= 4 is 5.91 Å². The van der Waals surface area contributed by atoms with E-state index in [4.69, 9.17) is 0 Å². The Balaban J connectivity index is 2.01. The minimum Gasteiger partial charge on any atom is -0.338 e. The first-order valence-electron chi connectivity index (χ1n) is 5.70. The number of rotatable bonds is 2. The normalized spacial score (nSPS) is 23.1. The largest absolute Gasteiger partial charge is 0.338 e. The summed E-state index contributed by atoms with van der Waals surface area (Å²) < 4.78 is 1.70. The Morgan fingerprint density at radius 3 is 3.06 bits per heavy atom. The predicted octanol–water partition coefficient (Wildman–Crippen LogP) is 0.264. The summed E-state index contributed by atoms with van der Waals surface area (Å²) in [5.74, 6) is 0.150. The molecule has 1 unspecified atom stereocenters. The number of carbonyl (C=O) groups excluding carboxylic acids is 1. The van der Waals surface area contributed by atoms with Gasteiger partial charge in [-0.2, -0.15) is 5.10 Å². The SMILES string of the molecule is CC(C(=O)N1CCN[C@H](C)C1)n1cccn1. The Bertz CT molecular complexity index is 349. The molecule has 1 aromatic heterocycles. The highest BCUT2D eigenvalue weighted by Gasteiger charge is 2.25. The Kier molecular flexibility index (Phi) is 3.24. The van der Waals surface area contributed by atoms with E-state index in [0.717, 1.165) is 19.6 Å². The topological polar surface area (TPSA) is 50.2 Å². The molecule has 1 N–H and O–H groups in total. The summed E-state index contributed by atoms with van der Waals surface area (Å²) in [7, 11) is 0. The highest BCUT2D eigenvalue weighted by molar-refractivity contribution is 5.80. The lowest BCUT2D eigenvalue weighted by molar-refractivity contribution is -0.135. The first kappa shape index (κ1) is 11.1. The molecule has 0 saturated carbocycles. The third kappa shape index (κ3) is 2.24. The van der Waals surface area contributed by atoms with E-state index in [0.29, 0.717) is 6.04 Å². The molecule has 2 atom stereocenters. The Morgan fingerprint density at radius 1 is 1.62 bits per heavy atom. The molecule has 1 aliphatic heterocycles. The van der Waals surface area contributed by atoms with Crippen molar-refractivity contribution in [3.8, 4) is 0 Å². The van der Waals surface area contributed by atoms with E-state index in [1.807, 2.05) is 24.1 Å². The summed E-state index contributed by atoms with van der Waals surface area (Å²) in [6, 6.07) is 2.01. The minimum atomic E-state index is -0.208. The molecule has 1 aliphatic rings. The van der Waals surface area contributed by atoms with Gasteiger partial charge in [0, 0.05) is 38.1 Å². The van der Waals surface area contributed by atoms with E-state index >= 15 is 0 Å². The summed E-state index contributed by atoms with van der Waals surface area (Å²) in [6.07, 6.45) is 3.53. The molecule has 2 rings (SSSR count). The van der Waals surface area contributed by atoms with Gasteiger partial charge in [0.05, 0.1) is 0 Å². The molecule has 1 saturated heterocycles. The molecular weight excluding hydrogens is 204 g/mol. The Hall–Kier alpha value is -1.36. The molecule has 0 bridgehead atoms. The van der Waals surface area contributed by atoms with Crippen LogP contribution in [0.5, 0.6) is 0 Å². The lowest BCUT2D eigenvalue weighted by Gasteiger charge is -2.33. The number of piperazine rings is 1. The van der Waals surface area contributed by atoms with Gasteiger partial charge in [0.25, 0.3) is 0 Å². The maximum atomic E-state index is 12.2. The number of carbonyl (C=O) groups is 1. The van der Waals surface area contributed by atoms with Crippen molar-refractivity contribution in [2.45, 2.75) is 25.9 Å². The van der Waals surface area contributed by atoms with Gasteiger partial charge in [0.2, 0.25) is 5.91 Å². The number of nitrogens with one attached hydrogen (secondary N) is 1. The predicted molar refractivity (Wildman–Crippen MR) is 61.0 cm³/mol. The van der Waals surface area contributed by atoms with Crippen molar-refractivity contribution in [1.29, 1.82) is 0 Å². The van der Waals surface area contributed by atoms with Crippen LogP contribution in [0.3, 0.4) is 0 Å². The summed E-state index contributed by atoms with van der Waals surface area (Å²) in [6.45, 7) is 6.43. The zero-order chi connectivity index (χ0) is 11.5. The number of amides is 1. The van der Waals surface area contributed by atoms with E-state index in [-0.39, 0.29) is 11.9 Å². The molecule has 1 fully saturated rings. The molecule has 2 heterocycles. The van der Waals surface area contributed by atoms with E-state index in [1.54, 1.807) is 10.9 Å². The smallest absolute Gasteiger partial charge is 0.247 e. The van der Waals surface area contributed by atoms with Gasteiger partial charge < -0.3 is 10.2 Å². The summed E-state index contributed by atoms with van der Waals surface area (Å²) in [5, 5.41) is 7.43. The van der Waals surface area contributed by atoms with Crippen molar-refractivity contribution < 1.29 is 4.79 Å². The first-order valence-corrected chi connectivity index (χ1v) is 5.70. The summed E-state index contributed by atoms with van der Waals surface area (Å²) in [5.41, 5.74) is 0. The van der Waals surface area contributed by atoms with E-state index in [1.165, 1.54) is 0 Å². The van der Waals surface area contributed by atoms with Crippen molar-refractivity contribution in [1.82, 2.24) is 20.0 Å². The molecule has 16 heavy (non-hydrogen) atoms. The molecule has 1 aromatic rings. The molecule has 0 radical (unpaired) electrons. The first-order chi connectivity index (χ1) is 7.68. The van der Waals surface area contributed by atoms with Crippen molar-refractivity contribution in [3.05, 3.63) is 18.5 Å². The van der Waals surface area contributed by atoms with Gasteiger partial charge in [-0.15, -0.1) is 0 Å². The zero-order valence-corrected chi connectivity index (χ0v) is 9.76. The molecule has 0 spiro atoms. The fourth-order valence-electron chi connectivity index (χ4n) is 2.02. The molecule has 0 aromatic carbocycles. The van der Waals surface area contributed by atoms with Gasteiger partial charge in [-0.1, -0.05) is 0 Å². The lowest BCUT2D eigenvalue weighted by atomic mass is 10.2. The quantitative estimate of drug-likeness (QED) is 0.781. The molecule has 5 heteroatoms. The molecule has 0 aliphatic carbocycles. The van der Waals surface area contributed by atoms with Gasteiger partial charge in [0.1, 0.15) is 6.04 Å². The third-order valence-corrected chi connectivity index (χ3v) is 2.96. The molecular formula is C11H18N4O. The Labute approximate surface area is 95.4 Å². The highest BCUT2D eigenvalue weighted by Crippen LogP contribution is 2.10. The minimum absolute atomic E-state index is 0.150. The van der Waals surface area contributed by atoms with Gasteiger partial charge >= 0.3 is 0 Å². The van der Waals surface area contributed by atoms with Crippen LogP contribution in [0.4, 0.5) is 0 Å². The van der Waals surface area contributed by atoms with Crippen LogP contribution in [0.15, 0.2) is 18.5 Å². The zero-order valence-electron chi connectivity index (χ0n) is 9.76. The number of hydrogen-bond acceptors (Lipinski definition) is 3. The number of nitrogens with zero attached hydrogens (tertiary/aromatic N) is 3. The second-order valence-corrected chi connectivity index (χ2v) is 4.30. The average Bonchev–Trinajstić information content (AvgIpc) is 2.80. The van der Waals surface area contributed by atoms with E-state index in [9.17, 15) is 4.79 Å². The van der Waals surface area contributed by atoms with Crippen molar-refractivity contribution in [3.63, 3.8) is 0 Å². The third-order valence-electron chi connectivity index (χ3n) is 2.96. The van der Waals surface area contributed by atoms with Gasteiger partial charge in [-0.05, 0) is 19.9 Å². The second-order valence-electron chi connectivity index (χ2n) is 4.30. The monoisotopic (exact) mass is 222 g/mol. The van der Waals surface area contributed by atoms with Crippen LogP contribution < -0.4 is 5.32 Å². The second kappa shape index (κ2) is 4.65.